The Balaban J connectivity index is 2.68. The number of nitrogens with two attached hydrogens (primary N) is 1. The Bertz CT molecular complexity index is 530. The van der Waals surface area contributed by atoms with Crippen LogP contribution >= 0.6 is 0 Å². The Morgan fingerprint density at radius 2 is 2.24 bits per heavy atom. The van der Waals surface area contributed by atoms with Crippen molar-refractivity contribution in [1.29, 1.82) is 0 Å². The molecule has 3 N–H and O–H groups in total. The minimum absolute atomic E-state index is 0.0840. The predicted octanol–water partition coefficient (Wildman–Crippen LogP) is -0.423. The molecule has 94 valence electrons. The topological polar surface area (TPSA) is 102 Å². The SMILES string of the molecule is CS(=O)(=O)CCNC(=O)c1ccnc(N)c1F. The van der Waals surface area contributed by atoms with Crippen LogP contribution in [0.25, 0.3) is 0 Å². The van der Waals surface area contributed by atoms with Crippen molar-refractivity contribution in [2.75, 3.05) is 24.3 Å². The molecule has 0 aliphatic heterocycles. The quantitative estimate of drug-likeness (QED) is 0.766. The molecule has 1 heterocycles. The molecule has 6 nitrogen and oxygen atoms in total. The maximum atomic E-state index is 13.3. The van der Waals surface area contributed by atoms with Crippen LogP contribution in [0.15, 0.2) is 12.3 Å². The van der Waals surface area contributed by atoms with Gasteiger partial charge in [0.15, 0.2) is 11.6 Å². The van der Waals surface area contributed by atoms with E-state index in [2.05, 4.69) is 10.3 Å². The monoisotopic (exact) mass is 261 g/mol. The molecular weight excluding hydrogens is 249 g/mol. The Labute approximate surface area is 98.0 Å². The maximum Gasteiger partial charge on any atom is 0.254 e. The van der Waals surface area contributed by atoms with E-state index in [0.717, 1.165) is 6.26 Å². The predicted molar refractivity (Wildman–Crippen MR) is 60.7 cm³/mol. The van der Waals surface area contributed by atoms with Gasteiger partial charge in [-0.1, -0.05) is 0 Å². The average Bonchev–Trinajstić information content (AvgIpc) is 2.20. The highest BCUT2D eigenvalue weighted by Crippen LogP contribution is 2.11. The first-order chi connectivity index (χ1) is 7.81. The van der Waals surface area contributed by atoms with Crippen LogP contribution in [0.3, 0.4) is 0 Å². The van der Waals surface area contributed by atoms with Gasteiger partial charge in [-0.3, -0.25) is 4.79 Å². The number of hydrogen-bond donors (Lipinski definition) is 2. The summed E-state index contributed by atoms with van der Waals surface area (Å²) < 4.78 is 35.0. The number of carbonyl (C=O) groups excluding carboxylic acids is 1. The number of sulfone groups is 1. The van der Waals surface area contributed by atoms with Gasteiger partial charge in [-0.15, -0.1) is 0 Å². The molecule has 0 aliphatic carbocycles. The lowest BCUT2D eigenvalue weighted by Crippen LogP contribution is -2.29. The molecule has 0 atom stereocenters. The van der Waals surface area contributed by atoms with Gasteiger partial charge in [0.1, 0.15) is 9.84 Å². The zero-order valence-corrected chi connectivity index (χ0v) is 9.92. The van der Waals surface area contributed by atoms with Crippen LogP contribution in [0.5, 0.6) is 0 Å². The molecule has 1 aromatic heterocycles. The van der Waals surface area contributed by atoms with Crippen molar-refractivity contribution in [3.63, 3.8) is 0 Å². The van der Waals surface area contributed by atoms with Crippen LogP contribution in [0, 0.1) is 5.82 Å². The summed E-state index contributed by atoms with van der Waals surface area (Å²) in [6.45, 7) is -0.0840. The fraction of sp³-hybridized carbons (Fsp3) is 0.333. The highest BCUT2D eigenvalue weighted by atomic mass is 32.2. The summed E-state index contributed by atoms with van der Waals surface area (Å²) in [5, 5.41) is 2.28. The standard InChI is InChI=1S/C9H12FN3O3S/c1-17(15,16)5-4-13-9(14)6-2-3-12-8(11)7(6)10/h2-3H,4-5H2,1H3,(H2,11,12)(H,13,14). The van der Waals surface area contributed by atoms with E-state index >= 15 is 0 Å². The number of halogens is 1. The third-order valence-electron chi connectivity index (χ3n) is 1.92. The average molecular weight is 261 g/mol. The van der Waals surface area contributed by atoms with Gasteiger partial charge >= 0.3 is 0 Å². The summed E-state index contributed by atoms with van der Waals surface area (Å²) in [5.74, 6) is -2.22. The van der Waals surface area contributed by atoms with Crippen molar-refractivity contribution in [3.8, 4) is 0 Å². The first kappa shape index (κ1) is 13.4. The smallest absolute Gasteiger partial charge is 0.254 e. The molecule has 0 saturated heterocycles. The number of pyridine rings is 1. The lowest BCUT2D eigenvalue weighted by molar-refractivity contribution is 0.0952. The molecule has 1 rings (SSSR count). The molecule has 0 fully saturated rings. The Kier molecular flexibility index (Phi) is 4.00. The summed E-state index contributed by atoms with van der Waals surface area (Å²) in [6.07, 6.45) is 2.24. The fourth-order valence-corrected chi connectivity index (χ4v) is 1.55. The molecule has 1 aromatic rings. The summed E-state index contributed by atoms with van der Waals surface area (Å²) >= 11 is 0. The van der Waals surface area contributed by atoms with E-state index in [4.69, 9.17) is 5.73 Å². The Hall–Kier alpha value is -1.70. The number of aromatic nitrogens is 1. The van der Waals surface area contributed by atoms with E-state index in [9.17, 15) is 17.6 Å². The minimum Gasteiger partial charge on any atom is -0.381 e. The number of carbonyl (C=O) groups is 1. The van der Waals surface area contributed by atoms with E-state index in [1.165, 1.54) is 12.3 Å². The Morgan fingerprint density at radius 3 is 2.82 bits per heavy atom. The number of nitrogens with one attached hydrogen (secondary N) is 1. The number of hydrogen-bond acceptors (Lipinski definition) is 5. The summed E-state index contributed by atoms with van der Waals surface area (Å²) in [4.78, 5) is 14.9. The molecule has 0 radical (unpaired) electrons. The normalized spacial score (nSPS) is 11.2. The van der Waals surface area contributed by atoms with Gasteiger partial charge < -0.3 is 11.1 Å². The molecule has 0 aromatic carbocycles. The highest BCUT2D eigenvalue weighted by molar-refractivity contribution is 7.90. The van der Waals surface area contributed by atoms with Crippen molar-refractivity contribution in [2.45, 2.75) is 0 Å². The van der Waals surface area contributed by atoms with Crippen molar-refractivity contribution in [3.05, 3.63) is 23.6 Å². The molecule has 8 heteroatoms. The second-order valence-electron chi connectivity index (χ2n) is 3.44. The lowest BCUT2D eigenvalue weighted by atomic mass is 10.2. The van der Waals surface area contributed by atoms with Gasteiger partial charge in [0.2, 0.25) is 0 Å². The fourth-order valence-electron chi connectivity index (χ4n) is 1.08. The van der Waals surface area contributed by atoms with Crippen LogP contribution in [0.4, 0.5) is 10.2 Å². The molecule has 0 bridgehead atoms. The van der Waals surface area contributed by atoms with Gasteiger partial charge in [-0.25, -0.2) is 17.8 Å². The highest BCUT2D eigenvalue weighted by Gasteiger charge is 2.14. The van der Waals surface area contributed by atoms with E-state index in [0.29, 0.717) is 0 Å². The van der Waals surface area contributed by atoms with E-state index < -0.39 is 21.6 Å². The third kappa shape index (κ3) is 3.99. The second kappa shape index (κ2) is 5.09. The van der Waals surface area contributed by atoms with Crippen molar-refractivity contribution >= 4 is 21.6 Å². The summed E-state index contributed by atoms with van der Waals surface area (Å²) in [5.41, 5.74) is 4.94. The zero-order valence-electron chi connectivity index (χ0n) is 9.10. The van der Waals surface area contributed by atoms with E-state index in [1.807, 2.05) is 0 Å². The van der Waals surface area contributed by atoms with Gasteiger partial charge in [-0.05, 0) is 6.07 Å². The van der Waals surface area contributed by atoms with Crippen LogP contribution < -0.4 is 11.1 Å². The molecule has 0 saturated carbocycles. The van der Waals surface area contributed by atoms with Crippen molar-refractivity contribution < 1.29 is 17.6 Å². The molecule has 1 amide bonds. The van der Waals surface area contributed by atoms with Gasteiger partial charge in [0.25, 0.3) is 5.91 Å². The minimum atomic E-state index is -3.17. The van der Waals surface area contributed by atoms with Gasteiger partial charge in [0.05, 0.1) is 11.3 Å². The molecular formula is C9H12FN3O3S. The summed E-state index contributed by atoms with van der Waals surface area (Å²) in [6, 6.07) is 1.17. The number of rotatable bonds is 4. The number of anilines is 1. The van der Waals surface area contributed by atoms with Gasteiger partial charge in [-0.2, -0.15) is 0 Å². The number of amides is 1. The number of nitrogens with zero attached hydrogens (tertiary/aromatic N) is 1. The van der Waals surface area contributed by atoms with Gasteiger partial charge in [0, 0.05) is 19.0 Å². The summed E-state index contributed by atoms with van der Waals surface area (Å²) in [7, 11) is -3.17. The van der Waals surface area contributed by atoms with Crippen molar-refractivity contribution in [2.24, 2.45) is 0 Å². The largest absolute Gasteiger partial charge is 0.381 e. The molecule has 0 unspecified atom stereocenters. The first-order valence-electron chi connectivity index (χ1n) is 4.67. The number of nitrogen functional groups attached to an aromatic ring is 1. The van der Waals surface area contributed by atoms with Crippen molar-refractivity contribution in [1.82, 2.24) is 10.3 Å². The van der Waals surface area contributed by atoms with Crippen LogP contribution in [-0.2, 0) is 9.84 Å². The molecule has 0 spiro atoms. The first-order valence-corrected chi connectivity index (χ1v) is 6.73. The van der Waals surface area contributed by atoms with Crippen LogP contribution in [0.1, 0.15) is 10.4 Å². The second-order valence-corrected chi connectivity index (χ2v) is 5.70. The van der Waals surface area contributed by atoms with Crippen LogP contribution in [0.2, 0.25) is 0 Å². The van der Waals surface area contributed by atoms with E-state index in [-0.39, 0.29) is 23.7 Å². The molecule has 17 heavy (non-hydrogen) atoms. The molecule has 0 aliphatic rings. The van der Waals surface area contributed by atoms with Crippen LogP contribution in [-0.4, -0.2) is 37.9 Å². The zero-order chi connectivity index (χ0) is 13.1. The lowest BCUT2D eigenvalue weighted by Gasteiger charge is -2.06. The van der Waals surface area contributed by atoms with E-state index in [1.54, 1.807) is 0 Å². The Morgan fingerprint density at radius 1 is 1.59 bits per heavy atom. The maximum absolute atomic E-state index is 13.3. The third-order valence-corrected chi connectivity index (χ3v) is 2.86.